The molecule has 0 bridgehead atoms. The number of nitrogens with one attached hydrogen (secondary N) is 1. The highest BCUT2D eigenvalue weighted by molar-refractivity contribution is 7.89. The molecule has 3 aromatic rings. The van der Waals surface area contributed by atoms with Crippen LogP contribution in [0.15, 0.2) is 47.4 Å². The highest BCUT2D eigenvalue weighted by Crippen LogP contribution is 2.20. The summed E-state index contributed by atoms with van der Waals surface area (Å²) in [4.78, 5) is 12.3. The Labute approximate surface area is 163 Å². The summed E-state index contributed by atoms with van der Waals surface area (Å²) in [6.45, 7) is 0.318. The summed E-state index contributed by atoms with van der Waals surface area (Å²) in [6.07, 6.45) is 0.197. The van der Waals surface area contributed by atoms with Gasteiger partial charge in [0.25, 0.3) is 0 Å². The SMILES string of the molecule is COc1ccc(NC(=O)CCn2nnc3cc(S(=O)(=O)N(C)C)ccc32)cc1. The number of hydrogen-bond donors (Lipinski definition) is 1. The number of sulfonamides is 1. The number of nitrogens with zero attached hydrogens (tertiary/aromatic N) is 4. The number of carbonyl (C=O) groups is 1. The molecule has 2 aromatic carbocycles. The van der Waals surface area contributed by atoms with Crippen molar-refractivity contribution >= 4 is 32.7 Å². The van der Waals surface area contributed by atoms with Gasteiger partial charge >= 0.3 is 0 Å². The molecule has 1 heterocycles. The van der Waals surface area contributed by atoms with Gasteiger partial charge in [0.15, 0.2) is 0 Å². The molecule has 0 aliphatic rings. The van der Waals surface area contributed by atoms with Crippen molar-refractivity contribution in [1.82, 2.24) is 19.3 Å². The molecule has 0 saturated carbocycles. The molecule has 1 N–H and O–H groups in total. The first-order valence-corrected chi connectivity index (χ1v) is 9.95. The predicted molar refractivity (Wildman–Crippen MR) is 105 cm³/mol. The van der Waals surface area contributed by atoms with E-state index in [0.29, 0.717) is 29.0 Å². The lowest BCUT2D eigenvalue weighted by Gasteiger charge is -2.11. The van der Waals surface area contributed by atoms with Gasteiger partial charge in [-0.15, -0.1) is 5.10 Å². The minimum Gasteiger partial charge on any atom is -0.497 e. The first kappa shape index (κ1) is 19.8. The molecule has 1 amide bonds. The van der Waals surface area contributed by atoms with Gasteiger partial charge in [-0.1, -0.05) is 5.21 Å². The average Bonchev–Trinajstić information content (AvgIpc) is 3.09. The molecule has 0 radical (unpaired) electrons. The second kappa shape index (κ2) is 7.95. The van der Waals surface area contributed by atoms with Crippen molar-refractivity contribution in [2.45, 2.75) is 17.9 Å². The van der Waals surface area contributed by atoms with E-state index in [-0.39, 0.29) is 17.2 Å². The third-order valence-electron chi connectivity index (χ3n) is 4.19. The normalized spacial score (nSPS) is 11.7. The topological polar surface area (TPSA) is 106 Å². The standard InChI is InChI=1S/C18H21N5O4S/c1-22(2)28(25,26)15-8-9-17-16(12-15)20-21-23(17)11-10-18(24)19-13-4-6-14(27-3)7-5-13/h4-9,12H,10-11H2,1-3H3,(H,19,24). The summed E-state index contributed by atoms with van der Waals surface area (Å²) in [6, 6.07) is 11.7. The molecule has 1 aromatic heterocycles. The maximum absolute atomic E-state index is 12.2. The van der Waals surface area contributed by atoms with Crippen LogP contribution in [-0.2, 0) is 21.4 Å². The van der Waals surface area contributed by atoms with Gasteiger partial charge in [-0.25, -0.2) is 17.4 Å². The molecule has 0 aliphatic carbocycles. The maximum Gasteiger partial charge on any atom is 0.242 e. The Kier molecular flexibility index (Phi) is 5.61. The van der Waals surface area contributed by atoms with E-state index in [1.54, 1.807) is 42.1 Å². The molecule has 148 valence electrons. The summed E-state index contributed by atoms with van der Waals surface area (Å²) in [5.41, 5.74) is 1.79. The number of anilines is 1. The van der Waals surface area contributed by atoms with Crippen molar-refractivity contribution in [2.75, 3.05) is 26.5 Å². The summed E-state index contributed by atoms with van der Waals surface area (Å²) in [7, 11) is 0.977. The summed E-state index contributed by atoms with van der Waals surface area (Å²) < 4.78 is 32.2. The van der Waals surface area contributed by atoms with E-state index < -0.39 is 10.0 Å². The first-order valence-electron chi connectivity index (χ1n) is 8.51. The molecule has 3 rings (SSSR count). The average molecular weight is 403 g/mol. The van der Waals surface area contributed by atoms with E-state index in [1.807, 2.05) is 0 Å². The van der Waals surface area contributed by atoms with Gasteiger partial charge in [0, 0.05) is 26.2 Å². The number of aryl methyl sites for hydroxylation is 1. The Morgan fingerprint density at radius 1 is 1.18 bits per heavy atom. The zero-order valence-electron chi connectivity index (χ0n) is 15.8. The van der Waals surface area contributed by atoms with Crippen LogP contribution in [0.3, 0.4) is 0 Å². The van der Waals surface area contributed by atoms with E-state index >= 15 is 0 Å². The number of hydrogen-bond acceptors (Lipinski definition) is 6. The quantitative estimate of drug-likeness (QED) is 0.644. The van der Waals surface area contributed by atoms with Gasteiger partial charge < -0.3 is 10.1 Å². The minimum atomic E-state index is -3.54. The van der Waals surface area contributed by atoms with Crippen LogP contribution in [0.2, 0.25) is 0 Å². The van der Waals surface area contributed by atoms with E-state index in [1.165, 1.54) is 26.2 Å². The number of fused-ring (bicyclic) bond motifs is 1. The Morgan fingerprint density at radius 3 is 2.54 bits per heavy atom. The molecule has 0 aliphatic heterocycles. The van der Waals surface area contributed by atoms with Crippen LogP contribution in [-0.4, -0.2) is 54.8 Å². The Bertz CT molecular complexity index is 1090. The Hall–Kier alpha value is -2.98. The lowest BCUT2D eigenvalue weighted by atomic mass is 10.3. The number of rotatable bonds is 7. The van der Waals surface area contributed by atoms with Crippen molar-refractivity contribution in [1.29, 1.82) is 0 Å². The van der Waals surface area contributed by atoms with E-state index in [0.717, 1.165) is 4.31 Å². The van der Waals surface area contributed by atoms with Crippen molar-refractivity contribution in [3.63, 3.8) is 0 Å². The Balaban J connectivity index is 1.68. The van der Waals surface area contributed by atoms with Crippen LogP contribution in [0.4, 0.5) is 5.69 Å². The van der Waals surface area contributed by atoms with Crippen LogP contribution in [0.1, 0.15) is 6.42 Å². The van der Waals surface area contributed by atoms with Crippen molar-refractivity contribution in [3.05, 3.63) is 42.5 Å². The highest BCUT2D eigenvalue weighted by atomic mass is 32.2. The summed E-state index contributed by atoms with van der Waals surface area (Å²) in [5.74, 6) is 0.545. The monoisotopic (exact) mass is 403 g/mol. The van der Waals surface area contributed by atoms with Crippen LogP contribution >= 0.6 is 0 Å². The fourth-order valence-electron chi connectivity index (χ4n) is 2.59. The molecule has 0 atom stereocenters. The highest BCUT2D eigenvalue weighted by Gasteiger charge is 2.19. The van der Waals surface area contributed by atoms with Crippen LogP contribution in [0.5, 0.6) is 5.75 Å². The minimum absolute atomic E-state index is 0.147. The molecule has 0 unspecified atom stereocenters. The van der Waals surface area contributed by atoms with E-state index in [2.05, 4.69) is 15.6 Å². The second-order valence-electron chi connectivity index (χ2n) is 6.28. The van der Waals surface area contributed by atoms with E-state index in [4.69, 9.17) is 4.74 Å². The molecule has 0 saturated heterocycles. The number of methoxy groups -OCH3 is 1. The summed E-state index contributed by atoms with van der Waals surface area (Å²) >= 11 is 0. The summed E-state index contributed by atoms with van der Waals surface area (Å²) in [5, 5.41) is 10.8. The van der Waals surface area contributed by atoms with Crippen molar-refractivity contribution < 1.29 is 17.9 Å². The zero-order valence-corrected chi connectivity index (χ0v) is 16.6. The predicted octanol–water partition coefficient (Wildman–Crippen LogP) is 1.72. The van der Waals surface area contributed by atoms with Crippen LogP contribution in [0, 0.1) is 0 Å². The first-order chi connectivity index (χ1) is 13.3. The van der Waals surface area contributed by atoms with Crippen LogP contribution in [0.25, 0.3) is 11.0 Å². The van der Waals surface area contributed by atoms with Crippen molar-refractivity contribution in [3.8, 4) is 5.75 Å². The fourth-order valence-corrected chi connectivity index (χ4v) is 3.52. The molecule has 0 spiro atoms. The molecular formula is C18H21N5O4S. The number of aromatic nitrogens is 3. The third-order valence-corrected chi connectivity index (χ3v) is 6.00. The van der Waals surface area contributed by atoms with Crippen molar-refractivity contribution in [2.24, 2.45) is 0 Å². The number of carbonyl (C=O) groups excluding carboxylic acids is 1. The Morgan fingerprint density at radius 2 is 1.89 bits per heavy atom. The maximum atomic E-state index is 12.2. The van der Waals surface area contributed by atoms with Gasteiger partial charge in [0.05, 0.1) is 24.1 Å². The second-order valence-corrected chi connectivity index (χ2v) is 8.43. The zero-order chi connectivity index (χ0) is 20.3. The lowest BCUT2D eigenvalue weighted by molar-refractivity contribution is -0.116. The van der Waals surface area contributed by atoms with Gasteiger partial charge in [0.1, 0.15) is 11.3 Å². The van der Waals surface area contributed by atoms with Gasteiger partial charge in [-0.2, -0.15) is 0 Å². The molecule has 0 fully saturated rings. The number of benzene rings is 2. The van der Waals surface area contributed by atoms with Gasteiger partial charge in [-0.3, -0.25) is 4.79 Å². The molecular weight excluding hydrogens is 382 g/mol. The lowest BCUT2D eigenvalue weighted by Crippen LogP contribution is -2.22. The smallest absolute Gasteiger partial charge is 0.242 e. The molecule has 9 nitrogen and oxygen atoms in total. The fraction of sp³-hybridized carbons (Fsp3) is 0.278. The molecule has 10 heteroatoms. The largest absolute Gasteiger partial charge is 0.497 e. The molecule has 28 heavy (non-hydrogen) atoms. The van der Waals surface area contributed by atoms with E-state index in [9.17, 15) is 13.2 Å². The number of ether oxygens (including phenoxy) is 1. The third kappa shape index (κ3) is 4.12. The van der Waals surface area contributed by atoms with Gasteiger partial charge in [-0.05, 0) is 42.5 Å². The number of amides is 1. The van der Waals surface area contributed by atoms with Crippen LogP contribution < -0.4 is 10.1 Å². The van der Waals surface area contributed by atoms with Gasteiger partial charge in [0.2, 0.25) is 15.9 Å².